The van der Waals surface area contributed by atoms with Crippen molar-refractivity contribution in [2.45, 2.75) is 63.3 Å². The van der Waals surface area contributed by atoms with E-state index in [-0.39, 0.29) is 30.7 Å². The number of furan rings is 1. The van der Waals surface area contributed by atoms with Crippen molar-refractivity contribution in [3.05, 3.63) is 64.4 Å². The molecule has 0 fully saturated rings. The van der Waals surface area contributed by atoms with Crippen LogP contribution in [0.2, 0.25) is 0 Å². The average Bonchev–Trinajstić information content (AvgIpc) is 3.56. The molecule has 3 aromatic rings. The molecule has 1 unspecified atom stereocenters. The van der Waals surface area contributed by atoms with E-state index in [9.17, 15) is 19.2 Å². The Labute approximate surface area is 246 Å². The molecule has 1 aromatic carbocycles. The van der Waals surface area contributed by atoms with Gasteiger partial charge < -0.3 is 29.4 Å². The summed E-state index contributed by atoms with van der Waals surface area (Å²) in [6.45, 7) is 9.77. The molecule has 3 heterocycles. The molecule has 0 radical (unpaired) electrons. The molecule has 0 bridgehead atoms. The number of ether oxygens (including phenoxy) is 2. The van der Waals surface area contributed by atoms with E-state index >= 15 is 0 Å². The molecule has 1 aliphatic heterocycles. The summed E-state index contributed by atoms with van der Waals surface area (Å²) in [7, 11) is 0. The van der Waals surface area contributed by atoms with Gasteiger partial charge in [0.15, 0.2) is 5.76 Å². The third kappa shape index (κ3) is 7.70. The monoisotopic (exact) mass is 599 g/mol. The number of rotatable bonds is 8. The standard InChI is InChI=1S/C29H33N3O7S2/c1-6-37-27(35)23-20-12-13-32(28(36)39-29(3,4)5)16-22(20)41-26(23)31-24(33)17(2)40-19-10-7-9-18(15-19)30-25(34)21-11-8-14-38-21/h7-11,14-15,17H,6,12-13,16H2,1-5H3,(H,30,34)(H,31,33). The minimum absolute atomic E-state index is 0.194. The SMILES string of the molecule is CCOC(=O)c1c(NC(=O)C(C)Sc2cccc(NC(=O)c3ccco3)c2)sc2c1CCN(C(=O)OC(C)(C)C)C2. The minimum Gasteiger partial charge on any atom is -0.462 e. The van der Waals surface area contributed by atoms with Gasteiger partial charge in [0.25, 0.3) is 5.91 Å². The number of anilines is 2. The number of nitrogens with zero attached hydrogens (tertiary/aromatic N) is 1. The van der Waals surface area contributed by atoms with Crippen molar-refractivity contribution < 1.29 is 33.1 Å². The maximum Gasteiger partial charge on any atom is 0.410 e. The molecule has 0 spiro atoms. The molecular weight excluding hydrogens is 566 g/mol. The third-order valence-corrected chi connectivity index (χ3v) is 8.17. The number of esters is 1. The zero-order chi connectivity index (χ0) is 29.7. The molecule has 1 atom stereocenters. The lowest BCUT2D eigenvalue weighted by Gasteiger charge is -2.30. The zero-order valence-electron chi connectivity index (χ0n) is 23.6. The number of hydrogen-bond acceptors (Lipinski definition) is 9. The highest BCUT2D eigenvalue weighted by atomic mass is 32.2. The van der Waals surface area contributed by atoms with Crippen molar-refractivity contribution in [1.29, 1.82) is 0 Å². The van der Waals surface area contributed by atoms with Crippen LogP contribution >= 0.6 is 23.1 Å². The van der Waals surface area contributed by atoms with E-state index < -0.39 is 22.9 Å². The van der Waals surface area contributed by atoms with Crippen LogP contribution in [-0.2, 0) is 27.2 Å². The molecule has 0 saturated heterocycles. The van der Waals surface area contributed by atoms with E-state index in [0.29, 0.717) is 29.2 Å². The van der Waals surface area contributed by atoms with Crippen molar-refractivity contribution >= 4 is 57.7 Å². The second kappa shape index (κ2) is 12.8. The molecule has 2 N–H and O–H groups in total. The molecule has 10 nitrogen and oxygen atoms in total. The summed E-state index contributed by atoms with van der Waals surface area (Å²) in [4.78, 5) is 54.3. The van der Waals surface area contributed by atoms with Gasteiger partial charge in [-0.1, -0.05) is 6.07 Å². The number of hydrogen-bond donors (Lipinski definition) is 2. The summed E-state index contributed by atoms with van der Waals surface area (Å²) in [5.41, 5.74) is 1.06. The summed E-state index contributed by atoms with van der Waals surface area (Å²) < 4.78 is 16.0. The maximum absolute atomic E-state index is 13.3. The number of nitrogens with one attached hydrogen (secondary N) is 2. The summed E-state index contributed by atoms with van der Waals surface area (Å²) in [6, 6.07) is 10.4. The fourth-order valence-electron chi connectivity index (χ4n) is 4.11. The molecule has 0 aliphatic carbocycles. The first-order valence-electron chi connectivity index (χ1n) is 13.2. The Balaban J connectivity index is 1.47. The van der Waals surface area contributed by atoms with Crippen molar-refractivity contribution in [3.8, 4) is 0 Å². The lowest BCUT2D eigenvalue weighted by atomic mass is 10.0. The van der Waals surface area contributed by atoms with Gasteiger partial charge in [-0.05, 0) is 76.9 Å². The summed E-state index contributed by atoms with van der Waals surface area (Å²) >= 11 is 2.58. The van der Waals surface area contributed by atoms with Crippen molar-refractivity contribution in [3.63, 3.8) is 0 Å². The molecule has 41 heavy (non-hydrogen) atoms. The summed E-state index contributed by atoms with van der Waals surface area (Å²) in [5, 5.41) is 5.56. The highest BCUT2D eigenvalue weighted by Gasteiger charge is 2.33. The Kier molecular flexibility index (Phi) is 9.44. The Morgan fingerprint density at radius 3 is 2.61 bits per heavy atom. The number of carbonyl (C=O) groups is 4. The van der Waals surface area contributed by atoms with Gasteiger partial charge in [0.05, 0.1) is 30.2 Å². The van der Waals surface area contributed by atoms with Crippen molar-refractivity contribution in [1.82, 2.24) is 4.90 Å². The predicted octanol–water partition coefficient (Wildman–Crippen LogP) is 6.18. The van der Waals surface area contributed by atoms with E-state index in [1.54, 1.807) is 49.1 Å². The highest BCUT2D eigenvalue weighted by molar-refractivity contribution is 8.00. The fraction of sp³-hybridized carbons (Fsp3) is 0.379. The van der Waals surface area contributed by atoms with E-state index in [1.165, 1.54) is 29.4 Å². The normalized spacial score (nSPS) is 13.6. The zero-order valence-corrected chi connectivity index (χ0v) is 25.2. The van der Waals surface area contributed by atoms with Gasteiger partial charge in [0, 0.05) is 22.0 Å². The molecular formula is C29H33N3O7S2. The van der Waals surface area contributed by atoms with Gasteiger partial charge in [-0.15, -0.1) is 23.1 Å². The van der Waals surface area contributed by atoms with Gasteiger partial charge in [-0.2, -0.15) is 0 Å². The molecule has 1 aliphatic rings. The molecule has 12 heteroatoms. The van der Waals surface area contributed by atoms with Crippen LogP contribution in [0.5, 0.6) is 0 Å². The molecule has 0 saturated carbocycles. The van der Waals surface area contributed by atoms with Gasteiger partial charge in [-0.3, -0.25) is 9.59 Å². The fourth-order valence-corrected chi connectivity index (χ4v) is 6.29. The highest BCUT2D eigenvalue weighted by Crippen LogP contribution is 2.38. The van der Waals surface area contributed by atoms with Crippen LogP contribution in [0.1, 0.15) is 66.0 Å². The van der Waals surface area contributed by atoms with E-state index in [4.69, 9.17) is 13.9 Å². The second-order valence-electron chi connectivity index (χ2n) is 10.3. The Bertz CT molecular complexity index is 1430. The van der Waals surface area contributed by atoms with Crippen LogP contribution < -0.4 is 10.6 Å². The van der Waals surface area contributed by atoms with Gasteiger partial charge in [0.2, 0.25) is 5.91 Å². The lowest BCUT2D eigenvalue weighted by Crippen LogP contribution is -2.39. The molecule has 2 aromatic heterocycles. The van der Waals surface area contributed by atoms with Crippen LogP contribution in [0.15, 0.2) is 52.0 Å². The van der Waals surface area contributed by atoms with Crippen LogP contribution in [-0.4, -0.2) is 52.8 Å². The van der Waals surface area contributed by atoms with Crippen LogP contribution in [0, 0.1) is 0 Å². The van der Waals surface area contributed by atoms with Crippen LogP contribution in [0.3, 0.4) is 0 Å². The Morgan fingerprint density at radius 2 is 1.93 bits per heavy atom. The molecule has 3 amide bonds. The van der Waals surface area contributed by atoms with Crippen LogP contribution in [0.25, 0.3) is 0 Å². The first-order valence-corrected chi connectivity index (χ1v) is 14.9. The van der Waals surface area contributed by atoms with Gasteiger partial charge in [0.1, 0.15) is 10.6 Å². The topological polar surface area (TPSA) is 127 Å². The number of thiophene rings is 1. The number of benzene rings is 1. The molecule has 218 valence electrons. The lowest BCUT2D eigenvalue weighted by molar-refractivity contribution is -0.115. The van der Waals surface area contributed by atoms with Gasteiger partial charge >= 0.3 is 12.1 Å². The minimum atomic E-state index is -0.625. The van der Waals surface area contributed by atoms with Crippen molar-refractivity contribution in [2.24, 2.45) is 0 Å². The number of carbonyl (C=O) groups excluding carboxylic acids is 4. The van der Waals surface area contributed by atoms with E-state index in [2.05, 4.69) is 10.6 Å². The summed E-state index contributed by atoms with van der Waals surface area (Å²) in [6.07, 6.45) is 1.44. The predicted molar refractivity (Wildman–Crippen MR) is 158 cm³/mol. The van der Waals surface area contributed by atoms with Gasteiger partial charge in [-0.25, -0.2) is 9.59 Å². The van der Waals surface area contributed by atoms with E-state index in [0.717, 1.165) is 15.3 Å². The number of amides is 3. The molecule has 4 rings (SSSR count). The maximum atomic E-state index is 13.3. The summed E-state index contributed by atoms with van der Waals surface area (Å²) in [5.74, 6) is -0.984. The smallest absolute Gasteiger partial charge is 0.410 e. The number of thioether (sulfide) groups is 1. The number of fused-ring (bicyclic) bond motifs is 1. The van der Waals surface area contributed by atoms with E-state index in [1.807, 2.05) is 26.8 Å². The first-order chi connectivity index (χ1) is 19.4. The average molecular weight is 600 g/mol. The largest absolute Gasteiger partial charge is 0.462 e. The second-order valence-corrected chi connectivity index (χ2v) is 12.8. The Hall–Kier alpha value is -3.77. The third-order valence-electron chi connectivity index (χ3n) is 5.94. The quantitative estimate of drug-likeness (QED) is 0.232. The Morgan fingerprint density at radius 1 is 1.15 bits per heavy atom. The van der Waals surface area contributed by atoms with Crippen molar-refractivity contribution in [2.75, 3.05) is 23.8 Å². The first kappa shape index (κ1) is 30.2. The van der Waals surface area contributed by atoms with Crippen LogP contribution in [0.4, 0.5) is 15.5 Å².